The molecule has 2 rings (SSSR count). The molecule has 0 radical (unpaired) electrons. The summed E-state index contributed by atoms with van der Waals surface area (Å²) in [6.45, 7) is 5.72. The Morgan fingerprint density at radius 3 is 2.67 bits per heavy atom. The summed E-state index contributed by atoms with van der Waals surface area (Å²) in [6.07, 6.45) is 0. The lowest BCUT2D eigenvalue weighted by Gasteiger charge is -2.30. The van der Waals surface area contributed by atoms with Crippen molar-refractivity contribution >= 4 is 24.0 Å². The van der Waals surface area contributed by atoms with Crippen LogP contribution in [0.2, 0.25) is 0 Å². The van der Waals surface area contributed by atoms with E-state index < -0.39 is 6.04 Å². The molecular weight excluding hydrogens is 296 g/mol. The maximum Gasteiger partial charge on any atom is 0.262 e. The molecule has 1 aliphatic rings. The lowest BCUT2D eigenvalue weighted by molar-refractivity contribution is -0.118. The van der Waals surface area contributed by atoms with E-state index in [1.165, 1.54) is 12.1 Å². The third-order valence-electron chi connectivity index (χ3n) is 2.89. The number of benzene rings is 1. The predicted molar refractivity (Wildman–Crippen MR) is 82.2 cm³/mol. The smallest absolute Gasteiger partial charge is 0.262 e. The number of aliphatic hydroxyl groups is 1. The van der Waals surface area contributed by atoms with E-state index in [9.17, 15) is 15.0 Å². The molecule has 1 heterocycles. The number of hydrogen-bond acceptors (Lipinski definition) is 5. The topological polar surface area (TPSA) is 90.8 Å². The molecule has 21 heavy (non-hydrogen) atoms. The summed E-state index contributed by atoms with van der Waals surface area (Å²) in [6, 6.07) is 2.57. The second-order valence-electron chi connectivity index (χ2n) is 5.88. The molecule has 0 aromatic heterocycles. The van der Waals surface area contributed by atoms with Crippen molar-refractivity contribution in [2.75, 3.05) is 18.5 Å². The molecule has 6 nitrogen and oxygen atoms in total. The van der Waals surface area contributed by atoms with Crippen LogP contribution in [-0.4, -0.2) is 34.9 Å². The van der Waals surface area contributed by atoms with Gasteiger partial charge in [0, 0.05) is 17.2 Å². The van der Waals surface area contributed by atoms with Crippen LogP contribution in [0.25, 0.3) is 0 Å². The zero-order valence-corrected chi connectivity index (χ0v) is 13.1. The van der Waals surface area contributed by atoms with Crippen molar-refractivity contribution in [1.29, 1.82) is 0 Å². The van der Waals surface area contributed by atoms with E-state index in [2.05, 4.69) is 10.6 Å². The van der Waals surface area contributed by atoms with Crippen molar-refractivity contribution in [3.8, 4) is 11.5 Å². The molecule has 0 saturated heterocycles. The van der Waals surface area contributed by atoms with Crippen LogP contribution in [0.15, 0.2) is 12.1 Å². The molecule has 1 amide bonds. The molecule has 1 aliphatic heterocycles. The van der Waals surface area contributed by atoms with Gasteiger partial charge in [0.2, 0.25) is 0 Å². The Morgan fingerprint density at radius 2 is 2.10 bits per heavy atom. The molecule has 0 aliphatic carbocycles. The van der Waals surface area contributed by atoms with Gasteiger partial charge in [-0.05, 0) is 26.8 Å². The Bertz CT molecular complexity index is 528. The Labute approximate surface area is 129 Å². The fourth-order valence-corrected chi connectivity index (χ4v) is 2.22. The predicted octanol–water partition coefficient (Wildman–Crippen LogP) is 1.57. The maximum atomic E-state index is 11.3. The van der Waals surface area contributed by atoms with Gasteiger partial charge in [-0.25, -0.2) is 0 Å². The van der Waals surface area contributed by atoms with E-state index in [1.807, 2.05) is 20.8 Å². The lowest BCUT2D eigenvalue weighted by atomic mass is 9.99. The van der Waals surface area contributed by atoms with E-state index in [1.54, 1.807) is 0 Å². The van der Waals surface area contributed by atoms with Crippen LogP contribution in [0.4, 0.5) is 5.69 Å². The van der Waals surface area contributed by atoms with Crippen molar-refractivity contribution in [3.63, 3.8) is 0 Å². The molecular formula is C14H21ClN2O4. The normalized spacial score (nSPS) is 15.3. The molecule has 1 aromatic carbocycles. The van der Waals surface area contributed by atoms with Gasteiger partial charge in [-0.15, -0.1) is 12.4 Å². The maximum absolute atomic E-state index is 11.3. The summed E-state index contributed by atoms with van der Waals surface area (Å²) in [5.74, 6) is 0.232. The largest absolute Gasteiger partial charge is 0.508 e. The highest BCUT2D eigenvalue weighted by atomic mass is 35.5. The number of carbonyl (C=O) groups excluding carboxylic acids is 1. The van der Waals surface area contributed by atoms with E-state index in [0.717, 1.165) is 0 Å². The van der Waals surface area contributed by atoms with Gasteiger partial charge in [-0.2, -0.15) is 0 Å². The van der Waals surface area contributed by atoms with Crippen LogP contribution in [0.3, 0.4) is 0 Å². The number of hydrogen-bond donors (Lipinski definition) is 4. The highest BCUT2D eigenvalue weighted by Crippen LogP contribution is 2.39. The van der Waals surface area contributed by atoms with Gasteiger partial charge in [0.25, 0.3) is 5.91 Å². The number of aromatic hydroxyl groups is 1. The van der Waals surface area contributed by atoms with E-state index in [-0.39, 0.29) is 42.8 Å². The third kappa shape index (κ3) is 4.23. The number of ether oxygens (including phenoxy) is 1. The molecule has 0 saturated carbocycles. The first kappa shape index (κ1) is 17.6. The summed E-state index contributed by atoms with van der Waals surface area (Å²) in [4.78, 5) is 11.3. The number of phenols is 1. The van der Waals surface area contributed by atoms with Gasteiger partial charge < -0.3 is 25.6 Å². The van der Waals surface area contributed by atoms with Crippen LogP contribution in [0, 0.1) is 0 Å². The third-order valence-corrected chi connectivity index (χ3v) is 2.89. The molecule has 0 spiro atoms. The first-order valence-corrected chi connectivity index (χ1v) is 6.48. The molecule has 118 valence electrons. The van der Waals surface area contributed by atoms with E-state index >= 15 is 0 Å². The van der Waals surface area contributed by atoms with Crippen LogP contribution in [0.1, 0.15) is 32.4 Å². The summed E-state index contributed by atoms with van der Waals surface area (Å²) in [5.41, 5.74) is 0.826. The van der Waals surface area contributed by atoms with E-state index in [4.69, 9.17) is 4.74 Å². The Kier molecular flexibility index (Phi) is 5.44. The second kappa shape index (κ2) is 6.51. The van der Waals surface area contributed by atoms with Gasteiger partial charge in [-0.1, -0.05) is 0 Å². The second-order valence-corrected chi connectivity index (χ2v) is 5.88. The minimum Gasteiger partial charge on any atom is -0.508 e. The number of phenolic OH excluding ortho intramolecular Hbond substituents is 1. The fourth-order valence-electron chi connectivity index (χ4n) is 2.22. The average molecular weight is 317 g/mol. The van der Waals surface area contributed by atoms with Crippen LogP contribution in [0.5, 0.6) is 11.5 Å². The summed E-state index contributed by atoms with van der Waals surface area (Å²) in [7, 11) is 0. The minimum absolute atomic E-state index is 0. The standard InChI is InChI=1S/C14H20N2O4.ClH/c1-14(2,3)16-11(6-17)9-4-8(18)5-10-13(9)20-7-12(19)15-10;/h4-5,11,16-18H,6-7H2,1-3H3,(H,15,19);1H. The van der Waals surface area contributed by atoms with Crippen molar-refractivity contribution in [3.05, 3.63) is 17.7 Å². The number of fused-ring (bicyclic) bond motifs is 1. The highest BCUT2D eigenvalue weighted by molar-refractivity contribution is 5.96. The summed E-state index contributed by atoms with van der Waals surface area (Å²) >= 11 is 0. The molecule has 7 heteroatoms. The average Bonchev–Trinajstić information content (AvgIpc) is 2.33. The summed E-state index contributed by atoms with van der Waals surface area (Å²) < 4.78 is 5.44. The van der Waals surface area contributed by atoms with E-state index in [0.29, 0.717) is 17.0 Å². The highest BCUT2D eigenvalue weighted by Gasteiger charge is 2.27. The van der Waals surface area contributed by atoms with Crippen LogP contribution >= 0.6 is 12.4 Å². The van der Waals surface area contributed by atoms with Crippen LogP contribution < -0.4 is 15.4 Å². The molecule has 0 bridgehead atoms. The number of aliphatic hydroxyl groups excluding tert-OH is 1. The molecule has 4 N–H and O–H groups in total. The van der Waals surface area contributed by atoms with Gasteiger partial charge >= 0.3 is 0 Å². The van der Waals surface area contributed by atoms with Crippen molar-refractivity contribution in [2.24, 2.45) is 0 Å². The Hall–Kier alpha value is -1.50. The molecule has 1 unspecified atom stereocenters. The lowest BCUT2D eigenvalue weighted by Crippen LogP contribution is -2.40. The Balaban J connectivity index is 0.00000220. The molecule has 1 aromatic rings. The van der Waals surface area contributed by atoms with Gasteiger partial charge in [-0.3, -0.25) is 4.79 Å². The summed E-state index contributed by atoms with van der Waals surface area (Å²) in [5, 5.41) is 25.3. The zero-order chi connectivity index (χ0) is 14.9. The minimum atomic E-state index is -0.397. The molecule has 1 atom stereocenters. The van der Waals surface area contributed by atoms with Crippen molar-refractivity contribution < 1.29 is 19.7 Å². The number of rotatable bonds is 3. The van der Waals surface area contributed by atoms with Crippen LogP contribution in [-0.2, 0) is 4.79 Å². The van der Waals surface area contributed by atoms with Gasteiger partial charge in [0.1, 0.15) is 11.5 Å². The van der Waals surface area contributed by atoms with Crippen molar-refractivity contribution in [1.82, 2.24) is 5.32 Å². The number of halogens is 1. The Morgan fingerprint density at radius 1 is 1.43 bits per heavy atom. The number of carbonyl (C=O) groups is 1. The quantitative estimate of drug-likeness (QED) is 0.679. The number of anilines is 1. The van der Waals surface area contributed by atoms with Gasteiger partial charge in [0.05, 0.1) is 18.3 Å². The SMILES string of the molecule is CC(C)(C)NC(CO)c1cc(O)cc2c1OCC(=O)N2.Cl. The monoisotopic (exact) mass is 316 g/mol. The molecule has 0 fully saturated rings. The fraction of sp³-hybridized carbons (Fsp3) is 0.500. The van der Waals surface area contributed by atoms with Gasteiger partial charge in [0.15, 0.2) is 6.61 Å². The number of nitrogens with one attached hydrogen (secondary N) is 2. The zero-order valence-electron chi connectivity index (χ0n) is 12.3. The van der Waals surface area contributed by atoms with Crippen molar-refractivity contribution in [2.45, 2.75) is 32.4 Å². The first-order chi connectivity index (χ1) is 9.30. The first-order valence-electron chi connectivity index (χ1n) is 6.48. The number of amides is 1.